The van der Waals surface area contributed by atoms with E-state index in [1.165, 1.54) is 0 Å². The van der Waals surface area contributed by atoms with Crippen molar-refractivity contribution < 1.29 is 9.59 Å². The molecule has 0 atom stereocenters. The van der Waals surface area contributed by atoms with Crippen LogP contribution < -0.4 is 5.32 Å². The fourth-order valence-corrected chi connectivity index (χ4v) is 3.27. The molecule has 1 fully saturated rings. The van der Waals surface area contributed by atoms with Gasteiger partial charge in [0.25, 0.3) is 11.1 Å². The van der Waals surface area contributed by atoms with Crippen LogP contribution in [0.25, 0.3) is 17.2 Å². The van der Waals surface area contributed by atoms with Crippen LogP contribution in [0.4, 0.5) is 4.79 Å². The predicted molar refractivity (Wildman–Crippen MR) is 93.7 cm³/mol. The smallest absolute Gasteiger partial charge is 0.282 e. The Kier molecular flexibility index (Phi) is 4.36. The summed E-state index contributed by atoms with van der Waals surface area (Å²) in [7, 11) is 0. The first kappa shape index (κ1) is 14.9. The molecule has 0 bridgehead atoms. The molecule has 2 aromatic rings. The molecule has 2 amide bonds. The van der Waals surface area contributed by atoms with Crippen LogP contribution in [0.5, 0.6) is 0 Å². The molecule has 5 heteroatoms. The molecule has 0 spiro atoms. The van der Waals surface area contributed by atoms with E-state index < -0.39 is 0 Å². The minimum atomic E-state index is -0.337. The Labute approximate surface area is 138 Å². The fourth-order valence-electron chi connectivity index (χ4n) is 2.31. The Morgan fingerprint density at radius 3 is 2.64 bits per heavy atom. The van der Waals surface area contributed by atoms with Crippen molar-refractivity contribution in [2.24, 2.45) is 0 Å². The number of carbonyl (C=O) groups excluding carboxylic acids is 2. The van der Waals surface area contributed by atoms with Gasteiger partial charge in [0.15, 0.2) is 0 Å². The van der Waals surface area contributed by atoms with Crippen molar-refractivity contribution in [3.05, 3.63) is 64.6 Å². The fraction of sp³-hybridized carbons (Fsp3) is 0.0588. The Morgan fingerprint density at radius 1 is 1.09 bits per heavy atom. The van der Waals surface area contributed by atoms with E-state index in [1.807, 2.05) is 42.5 Å². The normalized spacial score (nSPS) is 16.1. The van der Waals surface area contributed by atoms with Gasteiger partial charge < -0.3 is 0 Å². The highest BCUT2D eigenvalue weighted by atomic mass is 32.2. The highest BCUT2D eigenvalue weighted by Gasteiger charge is 2.24. The molecule has 1 saturated heterocycles. The maximum atomic E-state index is 11.6. The highest BCUT2D eigenvalue weighted by molar-refractivity contribution is 8.18. The van der Waals surface area contributed by atoms with Crippen LogP contribution in [0.3, 0.4) is 0 Å². The number of rotatable bonds is 3. The zero-order valence-corrected chi connectivity index (χ0v) is 13.3. The minimum absolute atomic E-state index is 0.326. The van der Waals surface area contributed by atoms with Crippen LogP contribution in [0.15, 0.2) is 53.4 Å². The van der Waals surface area contributed by atoms with E-state index in [4.69, 9.17) is 0 Å². The van der Waals surface area contributed by atoms with Crippen molar-refractivity contribution in [3.8, 4) is 11.1 Å². The SMILES string of the molecule is O=C1NC(=O)/C(=C/c2cccc(-c3ccccc3CS)c2)S1. The van der Waals surface area contributed by atoms with E-state index in [0.29, 0.717) is 10.7 Å². The lowest BCUT2D eigenvalue weighted by Crippen LogP contribution is -2.17. The molecule has 0 aliphatic carbocycles. The maximum absolute atomic E-state index is 11.6. The molecule has 110 valence electrons. The number of thiol groups is 1. The maximum Gasteiger partial charge on any atom is 0.290 e. The molecule has 0 radical (unpaired) electrons. The summed E-state index contributed by atoms with van der Waals surface area (Å²) in [6.07, 6.45) is 1.73. The number of carbonyl (C=O) groups is 2. The van der Waals surface area contributed by atoms with Crippen LogP contribution in [-0.2, 0) is 10.5 Å². The van der Waals surface area contributed by atoms with Gasteiger partial charge >= 0.3 is 0 Å². The lowest BCUT2D eigenvalue weighted by atomic mass is 9.99. The molecule has 3 rings (SSSR count). The molecule has 1 aliphatic rings. The zero-order chi connectivity index (χ0) is 15.5. The lowest BCUT2D eigenvalue weighted by molar-refractivity contribution is -0.115. The monoisotopic (exact) mass is 327 g/mol. The van der Waals surface area contributed by atoms with Crippen LogP contribution in [0.1, 0.15) is 11.1 Å². The molecule has 3 nitrogen and oxygen atoms in total. The van der Waals surface area contributed by atoms with Crippen molar-refractivity contribution in [3.63, 3.8) is 0 Å². The van der Waals surface area contributed by atoms with E-state index in [9.17, 15) is 9.59 Å². The second-order valence-corrected chi connectivity index (χ2v) is 6.12. The number of hydrogen-bond donors (Lipinski definition) is 2. The standard InChI is InChI=1S/C17H13NO2S2/c19-16-15(22-17(20)18-16)9-11-4-3-6-12(8-11)14-7-2-1-5-13(14)10-21/h1-9,21H,10H2,(H,18,19,20)/b15-9-. The first-order chi connectivity index (χ1) is 10.7. The summed E-state index contributed by atoms with van der Waals surface area (Å²) in [5.41, 5.74) is 4.23. The van der Waals surface area contributed by atoms with Crippen molar-refractivity contribution in [2.75, 3.05) is 0 Å². The number of hydrogen-bond acceptors (Lipinski definition) is 4. The number of imide groups is 1. The third-order valence-corrected chi connectivity index (χ3v) is 4.48. The molecule has 1 heterocycles. The van der Waals surface area contributed by atoms with Gasteiger partial charge in [-0.05, 0) is 46.2 Å². The zero-order valence-electron chi connectivity index (χ0n) is 11.6. The first-order valence-corrected chi connectivity index (χ1v) is 8.16. The molecule has 0 aromatic heterocycles. The van der Waals surface area contributed by atoms with Crippen LogP contribution in [0.2, 0.25) is 0 Å². The average molecular weight is 327 g/mol. The number of thioether (sulfide) groups is 1. The van der Waals surface area contributed by atoms with Gasteiger partial charge in [-0.3, -0.25) is 14.9 Å². The summed E-state index contributed by atoms with van der Waals surface area (Å²) in [6.45, 7) is 0. The van der Waals surface area contributed by atoms with Crippen LogP contribution in [-0.4, -0.2) is 11.1 Å². The number of amides is 2. The Morgan fingerprint density at radius 2 is 1.91 bits per heavy atom. The molecule has 22 heavy (non-hydrogen) atoms. The summed E-state index contributed by atoms with van der Waals surface area (Å²) in [5.74, 6) is 0.324. The van der Waals surface area contributed by atoms with Gasteiger partial charge in [0, 0.05) is 5.75 Å². The number of benzene rings is 2. The van der Waals surface area contributed by atoms with Gasteiger partial charge in [0.1, 0.15) is 0 Å². The summed E-state index contributed by atoms with van der Waals surface area (Å²) in [6, 6.07) is 16.0. The molecule has 2 aromatic carbocycles. The molecule has 0 saturated carbocycles. The van der Waals surface area contributed by atoms with E-state index in [2.05, 4.69) is 24.0 Å². The number of nitrogens with one attached hydrogen (secondary N) is 1. The minimum Gasteiger partial charge on any atom is -0.282 e. The Balaban J connectivity index is 1.98. The first-order valence-electron chi connectivity index (χ1n) is 6.71. The molecule has 0 unspecified atom stereocenters. The van der Waals surface area contributed by atoms with Gasteiger partial charge in [-0.15, -0.1) is 0 Å². The predicted octanol–water partition coefficient (Wildman–Crippen LogP) is 4.11. The summed E-state index contributed by atoms with van der Waals surface area (Å²) in [4.78, 5) is 23.2. The van der Waals surface area contributed by atoms with Crippen molar-refractivity contribution in [1.82, 2.24) is 5.32 Å². The largest absolute Gasteiger partial charge is 0.290 e. The second-order valence-electron chi connectivity index (χ2n) is 4.79. The molecular weight excluding hydrogens is 314 g/mol. The van der Waals surface area contributed by atoms with Crippen LogP contribution >= 0.6 is 24.4 Å². The van der Waals surface area contributed by atoms with Gasteiger partial charge in [0.05, 0.1) is 4.91 Å². The van der Waals surface area contributed by atoms with E-state index in [0.717, 1.165) is 34.0 Å². The Hall–Kier alpha value is -1.98. The van der Waals surface area contributed by atoms with E-state index in [-0.39, 0.29) is 11.1 Å². The quantitative estimate of drug-likeness (QED) is 0.659. The third-order valence-electron chi connectivity index (χ3n) is 3.33. The molecule has 1 N–H and O–H groups in total. The van der Waals surface area contributed by atoms with Crippen molar-refractivity contribution in [2.45, 2.75) is 5.75 Å². The average Bonchev–Trinajstić information content (AvgIpc) is 2.85. The van der Waals surface area contributed by atoms with E-state index in [1.54, 1.807) is 6.08 Å². The summed E-state index contributed by atoms with van der Waals surface area (Å²) < 4.78 is 0. The molecular formula is C17H13NO2S2. The van der Waals surface area contributed by atoms with Gasteiger partial charge in [0.2, 0.25) is 0 Å². The summed E-state index contributed by atoms with van der Waals surface area (Å²) in [5, 5.41) is 1.93. The molecule has 1 aliphatic heterocycles. The van der Waals surface area contributed by atoms with E-state index >= 15 is 0 Å². The Bertz CT molecular complexity index is 784. The van der Waals surface area contributed by atoms with Crippen molar-refractivity contribution in [1.29, 1.82) is 0 Å². The topological polar surface area (TPSA) is 46.2 Å². The van der Waals surface area contributed by atoms with Crippen molar-refractivity contribution >= 4 is 41.6 Å². The van der Waals surface area contributed by atoms with Crippen LogP contribution in [0, 0.1) is 0 Å². The summed E-state index contributed by atoms with van der Waals surface area (Å²) >= 11 is 5.29. The van der Waals surface area contributed by atoms with Gasteiger partial charge in [-0.1, -0.05) is 42.5 Å². The van der Waals surface area contributed by atoms with Gasteiger partial charge in [-0.2, -0.15) is 12.6 Å². The third kappa shape index (κ3) is 3.10. The van der Waals surface area contributed by atoms with Gasteiger partial charge in [-0.25, -0.2) is 0 Å². The second kappa shape index (κ2) is 6.42. The lowest BCUT2D eigenvalue weighted by Gasteiger charge is -2.08. The highest BCUT2D eigenvalue weighted by Crippen LogP contribution is 2.29.